The van der Waals surface area contributed by atoms with Crippen LogP contribution in [0, 0.1) is 5.41 Å². The highest BCUT2D eigenvalue weighted by Crippen LogP contribution is 2.50. The van der Waals surface area contributed by atoms with E-state index in [1.54, 1.807) is 0 Å². The molecule has 0 amide bonds. The van der Waals surface area contributed by atoms with Crippen molar-refractivity contribution >= 4 is 0 Å². The smallest absolute Gasteiger partial charge is 0.0199 e. The molecule has 1 aliphatic rings. The van der Waals surface area contributed by atoms with Crippen LogP contribution in [0.5, 0.6) is 0 Å². The molecule has 0 radical (unpaired) electrons. The summed E-state index contributed by atoms with van der Waals surface area (Å²) in [5.74, 6) is 0.896. The Bertz CT molecular complexity index is 575. The van der Waals surface area contributed by atoms with Gasteiger partial charge in [-0.25, -0.2) is 0 Å². The third kappa shape index (κ3) is 2.47. The van der Waals surface area contributed by atoms with E-state index in [1.807, 2.05) is 0 Å². The summed E-state index contributed by atoms with van der Waals surface area (Å²) < 4.78 is 0. The van der Waals surface area contributed by atoms with Crippen LogP contribution in [0.25, 0.3) is 0 Å². The fourth-order valence-corrected chi connectivity index (χ4v) is 3.51. The van der Waals surface area contributed by atoms with Crippen LogP contribution in [0.3, 0.4) is 0 Å². The van der Waals surface area contributed by atoms with Gasteiger partial charge in [0.2, 0.25) is 0 Å². The van der Waals surface area contributed by atoms with Gasteiger partial charge in [-0.1, -0.05) is 98.8 Å². The summed E-state index contributed by atoms with van der Waals surface area (Å²) in [6, 6.07) is 21.7. The number of hydrogen-bond acceptors (Lipinski definition) is 0. The predicted molar refractivity (Wildman–Crippen MR) is 90.4 cm³/mol. The molecule has 1 aliphatic carbocycles. The number of rotatable bonds is 4. The Kier molecular flexibility index (Phi) is 3.79. The second kappa shape index (κ2) is 5.73. The first-order chi connectivity index (χ1) is 10.2. The average molecular weight is 274 g/mol. The summed E-state index contributed by atoms with van der Waals surface area (Å²) >= 11 is 0. The summed E-state index contributed by atoms with van der Waals surface area (Å²) in [6.07, 6.45) is 9.14. The maximum absolute atomic E-state index is 2.38. The van der Waals surface area contributed by atoms with Gasteiger partial charge in [-0.3, -0.25) is 0 Å². The Hall–Kier alpha value is -2.08. The highest BCUT2D eigenvalue weighted by atomic mass is 14.4. The van der Waals surface area contributed by atoms with Crippen LogP contribution in [-0.4, -0.2) is 0 Å². The van der Waals surface area contributed by atoms with Gasteiger partial charge in [0.1, 0.15) is 0 Å². The second-order valence-electron chi connectivity index (χ2n) is 5.98. The molecule has 0 N–H and O–H groups in total. The quantitative estimate of drug-likeness (QED) is 0.670. The van der Waals surface area contributed by atoms with Crippen LogP contribution in [0.15, 0.2) is 85.0 Å². The van der Waals surface area contributed by atoms with Crippen LogP contribution in [-0.2, 0) is 0 Å². The summed E-state index contributed by atoms with van der Waals surface area (Å²) in [5, 5.41) is 0. The van der Waals surface area contributed by atoms with Crippen molar-refractivity contribution in [1.82, 2.24) is 0 Å². The lowest BCUT2D eigenvalue weighted by molar-refractivity contribution is 0.348. The Balaban J connectivity index is 2.01. The van der Waals surface area contributed by atoms with E-state index in [2.05, 4.69) is 98.8 Å². The predicted octanol–water partition coefficient (Wildman–Crippen LogP) is 5.71. The first kappa shape index (κ1) is 13.9. The van der Waals surface area contributed by atoms with Crippen molar-refractivity contribution in [2.24, 2.45) is 5.41 Å². The van der Waals surface area contributed by atoms with E-state index < -0.39 is 0 Å². The van der Waals surface area contributed by atoms with E-state index in [0.29, 0.717) is 11.8 Å². The zero-order valence-corrected chi connectivity index (χ0v) is 12.7. The molecule has 0 fully saturated rings. The second-order valence-corrected chi connectivity index (χ2v) is 5.98. The SMILES string of the molecule is CC(c1ccccc1)C1(C(C)c2ccccc2)C=CC=C1. The molecule has 0 saturated heterocycles. The lowest BCUT2D eigenvalue weighted by Gasteiger charge is -2.39. The minimum absolute atomic E-state index is 0.0582. The van der Waals surface area contributed by atoms with E-state index in [-0.39, 0.29) is 5.41 Å². The Morgan fingerprint density at radius 2 is 1.00 bits per heavy atom. The van der Waals surface area contributed by atoms with Crippen LogP contribution >= 0.6 is 0 Å². The minimum atomic E-state index is 0.0582. The molecule has 2 aromatic rings. The minimum Gasteiger partial charge on any atom is -0.0734 e. The highest BCUT2D eigenvalue weighted by Gasteiger charge is 2.39. The molecule has 0 bridgehead atoms. The van der Waals surface area contributed by atoms with E-state index in [9.17, 15) is 0 Å². The van der Waals surface area contributed by atoms with E-state index in [1.165, 1.54) is 11.1 Å². The molecule has 0 aliphatic heterocycles. The van der Waals surface area contributed by atoms with Gasteiger partial charge in [-0.05, 0) is 23.0 Å². The lowest BCUT2D eigenvalue weighted by atomic mass is 9.64. The standard InChI is InChI=1S/C21H22/c1-17(19-11-5-3-6-12-19)21(15-9-10-16-21)18(2)20-13-7-4-8-14-20/h3-18H,1-2H3. The fourth-order valence-electron chi connectivity index (χ4n) is 3.51. The van der Waals surface area contributed by atoms with Crippen LogP contribution in [0.4, 0.5) is 0 Å². The maximum atomic E-state index is 2.38. The normalized spacial score (nSPS) is 18.6. The summed E-state index contributed by atoms with van der Waals surface area (Å²) in [5.41, 5.74) is 2.86. The van der Waals surface area contributed by atoms with Crippen molar-refractivity contribution in [3.8, 4) is 0 Å². The molecule has 0 nitrogen and oxygen atoms in total. The molecule has 106 valence electrons. The zero-order chi connectivity index (χ0) is 14.7. The van der Waals surface area contributed by atoms with Gasteiger partial charge in [-0.15, -0.1) is 0 Å². The molecule has 0 saturated carbocycles. The van der Waals surface area contributed by atoms with Gasteiger partial charge >= 0.3 is 0 Å². The highest BCUT2D eigenvalue weighted by molar-refractivity contribution is 5.39. The van der Waals surface area contributed by atoms with Gasteiger partial charge < -0.3 is 0 Å². The largest absolute Gasteiger partial charge is 0.0734 e. The molecule has 0 spiro atoms. The monoisotopic (exact) mass is 274 g/mol. The molecule has 2 atom stereocenters. The van der Waals surface area contributed by atoms with Gasteiger partial charge in [0.05, 0.1) is 0 Å². The number of allylic oxidation sites excluding steroid dienone is 4. The third-order valence-electron chi connectivity index (χ3n) is 4.98. The van der Waals surface area contributed by atoms with Crippen LogP contribution < -0.4 is 0 Å². The van der Waals surface area contributed by atoms with Gasteiger partial charge in [0.25, 0.3) is 0 Å². The average Bonchev–Trinajstić information content (AvgIpc) is 3.06. The number of benzene rings is 2. The zero-order valence-electron chi connectivity index (χ0n) is 12.7. The van der Waals surface area contributed by atoms with Gasteiger partial charge in [0.15, 0.2) is 0 Å². The van der Waals surface area contributed by atoms with Crippen molar-refractivity contribution in [2.75, 3.05) is 0 Å². The Labute approximate surface area is 127 Å². The maximum Gasteiger partial charge on any atom is 0.0199 e. The van der Waals surface area contributed by atoms with E-state index in [4.69, 9.17) is 0 Å². The van der Waals surface area contributed by atoms with Crippen molar-refractivity contribution in [1.29, 1.82) is 0 Å². The Morgan fingerprint density at radius 3 is 1.38 bits per heavy atom. The molecular formula is C21H22. The summed E-state index contributed by atoms with van der Waals surface area (Å²) in [4.78, 5) is 0. The fraction of sp³-hybridized carbons (Fsp3) is 0.238. The van der Waals surface area contributed by atoms with Crippen molar-refractivity contribution < 1.29 is 0 Å². The van der Waals surface area contributed by atoms with Crippen molar-refractivity contribution in [3.63, 3.8) is 0 Å². The summed E-state index contributed by atoms with van der Waals surface area (Å²) in [6.45, 7) is 4.68. The molecule has 2 aromatic carbocycles. The summed E-state index contributed by atoms with van der Waals surface area (Å²) in [7, 11) is 0. The Morgan fingerprint density at radius 1 is 0.619 bits per heavy atom. The van der Waals surface area contributed by atoms with Crippen molar-refractivity contribution in [2.45, 2.75) is 25.7 Å². The molecule has 2 unspecified atom stereocenters. The van der Waals surface area contributed by atoms with E-state index >= 15 is 0 Å². The first-order valence-electron chi connectivity index (χ1n) is 7.71. The van der Waals surface area contributed by atoms with E-state index in [0.717, 1.165) is 0 Å². The first-order valence-corrected chi connectivity index (χ1v) is 7.71. The van der Waals surface area contributed by atoms with Crippen LogP contribution in [0.2, 0.25) is 0 Å². The van der Waals surface area contributed by atoms with Gasteiger partial charge in [-0.2, -0.15) is 0 Å². The molecule has 3 rings (SSSR count). The third-order valence-corrected chi connectivity index (χ3v) is 4.98. The molecule has 0 heteroatoms. The molecule has 0 aromatic heterocycles. The lowest BCUT2D eigenvalue weighted by Crippen LogP contribution is -2.28. The van der Waals surface area contributed by atoms with Gasteiger partial charge in [0, 0.05) is 5.41 Å². The topological polar surface area (TPSA) is 0 Å². The molecule has 21 heavy (non-hydrogen) atoms. The number of hydrogen-bond donors (Lipinski definition) is 0. The van der Waals surface area contributed by atoms with Crippen molar-refractivity contribution in [3.05, 3.63) is 96.1 Å². The molecule has 0 heterocycles. The van der Waals surface area contributed by atoms with Crippen LogP contribution in [0.1, 0.15) is 36.8 Å². The molecular weight excluding hydrogens is 252 g/mol.